The average Bonchev–Trinajstić information content (AvgIpc) is 3.26. The lowest BCUT2D eigenvalue weighted by Gasteiger charge is -2.33. The summed E-state index contributed by atoms with van der Waals surface area (Å²) in [6, 6.07) is 17.6. The number of ether oxygens (including phenoxy) is 1. The van der Waals surface area contributed by atoms with E-state index in [4.69, 9.17) is 9.26 Å². The maximum atomic E-state index is 13.1. The first-order valence-corrected chi connectivity index (χ1v) is 10.5. The van der Waals surface area contributed by atoms with Gasteiger partial charge in [-0.1, -0.05) is 53.2 Å². The summed E-state index contributed by atoms with van der Waals surface area (Å²) in [4.78, 5) is 19.6. The van der Waals surface area contributed by atoms with Gasteiger partial charge in [-0.15, -0.1) is 0 Å². The number of piperidine rings is 1. The van der Waals surface area contributed by atoms with Gasteiger partial charge in [0.25, 0.3) is 5.91 Å². The van der Waals surface area contributed by atoms with E-state index in [9.17, 15) is 4.79 Å². The number of rotatable bonds is 7. The molecule has 6 heteroatoms. The highest BCUT2D eigenvalue weighted by atomic mass is 16.5. The van der Waals surface area contributed by atoms with Gasteiger partial charge in [-0.25, -0.2) is 0 Å². The summed E-state index contributed by atoms with van der Waals surface area (Å²) in [5.41, 5.74) is 2.92. The number of likely N-dealkylation sites (tertiary alicyclic amines) is 1. The summed E-state index contributed by atoms with van der Waals surface area (Å²) >= 11 is 0. The first kappa shape index (κ1) is 20.3. The largest absolute Gasteiger partial charge is 0.376 e. The molecule has 156 valence electrons. The zero-order chi connectivity index (χ0) is 20.8. The number of hydrogen-bond donors (Lipinski definition) is 0. The minimum absolute atomic E-state index is 0.0225. The lowest BCUT2D eigenvalue weighted by atomic mass is 10.00. The van der Waals surface area contributed by atoms with Crippen LogP contribution in [0.5, 0.6) is 0 Å². The van der Waals surface area contributed by atoms with Gasteiger partial charge in [-0.3, -0.25) is 4.79 Å². The third kappa shape index (κ3) is 4.94. The summed E-state index contributed by atoms with van der Waals surface area (Å²) in [5, 5.41) is 4.11. The van der Waals surface area contributed by atoms with E-state index in [0.29, 0.717) is 43.5 Å². The molecule has 0 bridgehead atoms. The molecule has 1 atom stereocenters. The fourth-order valence-corrected chi connectivity index (χ4v) is 3.81. The van der Waals surface area contributed by atoms with E-state index in [2.05, 4.69) is 10.1 Å². The lowest BCUT2D eigenvalue weighted by Crippen LogP contribution is -2.38. The molecule has 2 heterocycles. The Bertz CT molecular complexity index is 971. The van der Waals surface area contributed by atoms with E-state index >= 15 is 0 Å². The van der Waals surface area contributed by atoms with Gasteiger partial charge in [0.15, 0.2) is 5.82 Å². The van der Waals surface area contributed by atoms with Gasteiger partial charge in [0, 0.05) is 18.5 Å². The van der Waals surface area contributed by atoms with Crippen molar-refractivity contribution in [2.45, 2.75) is 45.3 Å². The number of amides is 1. The molecule has 1 aromatic heterocycles. The molecule has 4 rings (SSSR count). The molecule has 30 heavy (non-hydrogen) atoms. The van der Waals surface area contributed by atoms with E-state index in [1.54, 1.807) is 0 Å². The molecule has 0 radical (unpaired) electrons. The summed E-state index contributed by atoms with van der Waals surface area (Å²) in [6.07, 6.45) is 3.45. The fraction of sp³-hybridized carbons (Fsp3) is 0.375. The van der Waals surface area contributed by atoms with Crippen molar-refractivity contribution in [2.24, 2.45) is 0 Å². The maximum Gasteiger partial charge on any atom is 0.254 e. The van der Waals surface area contributed by atoms with Crippen molar-refractivity contribution in [3.63, 3.8) is 0 Å². The van der Waals surface area contributed by atoms with Crippen LogP contribution in [0.4, 0.5) is 0 Å². The third-order valence-corrected chi connectivity index (χ3v) is 5.38. The molecule has 6 nitrogen and oxygen atoms in total. The quantitative estimate of drug-likeness (QED) is 0.541. The monoisotopic (exact) mass is 405 g/mol. The van der Waals surface area contributed by atoms with Crippen LogP contribution in [-0.2, 0) is 17.8 Å². The number of nitrogens with zero attached hydrogens (tertiary/aromatic N) is 3. The van der Waals surface area contributed by atoms with Gasteiger partial charge in [-0.05, 0) is 43.9 Å². The Morgan fingerprint density at radius 3 is 2.87 bits per heavy atom. The molecule has 1 amide bonds. The normalized spacial score (nSPS) is 16.6. The molecule has 1 unspecified atom stereocenters. The molecule has 1 aliphatic heterocycles. The van der Waals surface area contributed by atoms with Crippen LogP contribution in [0.15, 0.2) is 59.1 Å². The molecule has 1 saturated heterocycles. The molecule has 0 spiro atoms. The first-order chi connectivity index (χ1) is 14.7. The highest BCUT2D eigenvalue weighted by Crippen LogP contribution is 2.31. The van der Waals surface area contributed by atoms with E-state index in [1.165, 1.54) is 0 Å². The summed E-state index contributed by atoms with van der Waals surface area (Å²) in [7, 11) is 0. The van der Waals surface area contributed by atoms with Crippen LogP contribution in [0.2, 0.25) is 0 Å². The Hall–Kier alpha value is -2.99. The van der Waals surface area contributed by atoms with Crippen molar-refractivity contribution in [3.8, 4) is 0 Å². The lowest BCUT2D eigenvalue weighted by molar-refractivity contribution is 0.0561. The van der Waals surface area contributed by atoms with E-state index in [-0.39, 0.29) is 11.9 Å². The molecule has 1 aliphatic rings. The zero-order valence-electron chi connectivity index (χ0n) is 17.3. The van der Waals surface area contributed by atoms with Gasteiger partial charge < -0.3 is 14.2 Å². The van der Waals surface area contributed by atoms with Crippen LogP contribution < -0.4 is 0 Å². The van der Waals surface area contributed by atoms with Crippen molar-refractivity contribution in [1.29, 1.82) is 0 Å². The Labute approximate surface area is 176 Å². The third-order valence-electron chi connectivity index (χ3n) is 5.38. The number of carbonyl (C=O) groups excluding carboxylic acids is 1. The highest BCUT2D eigenvalue weighted by molar-refractivity contribution is 5.94. The molecular formula is C24H27N3O3. The second kappa shape index (κ2) is 9.67. The second-order valence-corrected chi connectivity index (χ2v) is 7.72. The average molecular weight is 405 g/mol. The van der Waals surface area contributed by atoms with Crippen molar-refractivity contribution in [3.05, 3.63) is 83.0 Å². The number of carbonyl (C=O) groups is 1. The minimum Gasteiger partial charge on any atom is -0.376 e. The van der Waals surface area contributed by atoms with Gasteiger partial charge in [0.05, 0.1) is 13.2 Å². The summed E-state index contributed by atoms with van der Waals surface area (Å²) < 4.78 is 11.3. The molecule has 0 N–H and O–H groups in total. The second-order valence-electron chi connectivity index (χ2n) is 7.72. The predicted molar refractivity (Wildman–Crippen MR) is 113 cm³/mol. The number of hydrogen-bond acceptors (Lipinski definition) is 5. The van der Waals surface area contributed by atoms with Gasteiger partial charge in [-0.2, -0.15) is 4.98 Å². The Kier molecular flexibility index (Phi) is 6.54. The summed E-state index contributed by atoms with van der Waals surface area (Å²) in [6.45, 7) is 3.78. The van der Waals surface area contributed by atoms with Crippen molar-refractivity contribution < 1.29 is 14.1 Å². The van der Waals surface area contributed by atoms with Crippen LogP contribution >= 0.6 is 0 Å². The van der Waals surface area contributed by atoms with Crippen LogP contribution in [0, 0.1) is 6.92 Å². The summed E-state index contributed by atoms with van der Waals surface area (Å²) in [5.74, 6) is 1.16. The van der Waals surface area contributed by atoms with Crippen LogP contribution in [0.3, 0.4) is 0 Å². The minimum atomic E-state index is -0.168. The van der Waals surface area contributed by atoms with Gasteiger partial charge in [0.2, 0.25) is 5.89 Å². The van der Waals surface area contributed by atoms with Crippen LogP contribution in [-0.4, -0.2) is 34.1 Å². The van der Waals surface area contributed by atoms with E-state index in [0.717, 1.165) is 30.4 Å². The molecule has 3 aromatic rings. The first-order valence-electron chi connectivity index (χ1n) is 10.5. The van der Waals surface area contributed by atoms with E-state index < -0.39 is 0 Å². The van der Waals surface area contributed by atoms with Crippen molar-refractivity contribution in [1.82, 2.24) is 15.0 Å². The number of aromatic nitrogens is 2. The van der Waals surface area contributed by atoms with Crippen molar-refractivity contribution >= 4 is 5.91 Å². The smallest absolute Gasteiger partial charge is 0.254 e. The Balaban J connectivity index is 1.37. The van der Waals surface area contributed by atoms with Gasteiger partial charge >= 0.3 is 0 Å². The molecule has 0 saturated carbocycles. The molecule has 0 aliphatic carbocycles. The topological polar surface area (TPSA) is 68.5 Å². The Morgan fingerprint density at radius 2 is 2.03 bits per heavy atom. The standard InChI is InChI=1S/C24H27N3O3/c1-18-8-7-11-20(16-18)24(28)27-14-6-5-12-21(27)23-25-22(26-30-23)13-15-29-17-19-9-3-2-4-10-19/h2-4,7-11,16,21H,5-6,12-15,17H2,1H3. The Morgan fingerprint density at radius 1 is 1.17 bits per heavy atom. The SMILES string of the molecule is Cc1cccc(C(=O)N2CCCCC2c2nc(CCOCc3ccccc3)no2)c1. The predicted octanol–water partition coefficient (Wildman–Crippen LogP) is 4.50. The number of benzene rings is 2. The van der Waals surface area contributed by atoms with Crippen LogP contribution in [0.1, 0.15) is 58.5 Å². The highest BCUT2D eigenvalue weighted by Gasteiger charge is 2.32. The maximum absolute atomic E-state index is 13.1. The van der Waals surface area contributed by atoms with Crippen molar-refractivity contribution in [2.75, 3.05) is 13.2 Å². The van der Waals surface area contributed by atoms with E-state index in [1.807, 2.05) is 66.4 Å². The molecule has 1 fully saturated rings. The zero-order valence-corrected chi connectivity index (χ0v) is 17.3. The fourth-order valence-electron chi connectivity index (χ4n) is 3.81. The van der Waals surface area contributed by atoms with Crippen LogP contribution in [0.25, 0.3) is 0 Å². The number of aryl methyl sites for hydroxylation is 1. The molecular weight excluding hydrogens is 378 g/mol. The van der Waals surface area contributed by atoms with Gasteiger partial charge in [0.1, 0.15) is 6.04 Å². The molecule has 2 aromatic carbocycles.